The largest absolute Gasteiger partial charge is 0.494 e. The van der Waals surface area contributed by atoms with Crippen molar-refractivity contribution in [2.75, 3.05) is 39.6 Å². The van der Waals surface area contributed by atoms with Crippen LogP contribution in [0, 0.1) is 23.7 Å². The van der Waals surface area contributed by atoms with Crippen LogP contribution in [0.5, 0.6) is 23.0 Å². The normalized spacial score (nSPS) is 21.8. The second kappa shape index (κ2) is 16.9. The second-order valence-electron chi connectivity index (χ2n) is 16.2. The van der Waals surface area contributed by atoms with Gasteiger partial charge in [-0.2, -0.15) is 0 Å². The highest BCUT2D eigenvalue weighted by molar-refractivity contribution is 6.62. The minimum atomic E-state index is -0.506. The number of hydrogen-bond acceptors (Lipinski definition) is 8. The van der Waals surface area contributed by atoms with Gasteiger partial charge in [-0.15, -0.1) is 0 Å². The zero-order valence-corrected chi connectivity index (χ0v) is 33.8. The summed E-state index contributed by atoms with van der Waals surface area (Å²) in [4.78, 5) is 0. The Bertz CT molecular complexity index is 2040. The Morgan fingerprint density at radius 3 is 1.82 bits per heavy atom. The van der Waals surface area contributed by atoms with E-state index >= 15 is 0 Å². The molecule has 6 atom stereocenters. The smallest absolute Gasteiger partial charge is 0.489 e. The number of aliphatic hydroxyl groups is 1. The van der Waals surface area contributed by atoms with Crippen LogP contribution in [0.25, 0.3) is 44.5 Å². The van der Waals surface area contributed by atoms with E-state index in [0.717, 1.165) is 81.1 Å². The van der Waals surface area contributed by atoms with Gasteiger partial charge in [0.15, 0.2) is 23.0 Å². The van der Waals surface area contributed by atoms with Crippen LogP contribution in [0.15, 0.2) is 60.7 Å². The molecule has 10 aliphatic rings. The average molecular weight is 758 g/mol. The first kappa shape index (κ1) is 38.9. The molecule has 10 heteroatoms. The molecule has 4 aromatic rings. The molecule has 9 heterocycles. The van der Waals surface area contributed by atoms with E-state index in [1.54, 1.807) is 7.48 Å². The lowest BCUT2D eigenvalue weighted by atomic mass is 9.73. The first-order chi connectivity index (χ1) is 27.3. The van der Waals surface area contributed by atoms with Gasteiger partial charge < -0.3 is 38.0 Å². The lowest BCUT2D eigenvalue weighted by Crippen LogP contribution is -2.35. The number of aliphatic hydroxyl groups excluding tert-OH is 1. The SMILES string of the molecule is CCC(C)COc1cc2c3cc1OCC(CC)C(CO)O[B]c1ccc4c(c1)-c1cc(c(OCC(C)CC)cc1-2)OCC(CC)C1COB(O1)c1ccc-4c-3c1. The van der Waals surface area contributed by atoms with E-state index in [0.29, 0.717) is 67.9 Å². The summed E-state index contributed by atoms with van der Waals surface area (Å²) in [5.74, 6) is 3.49. The van der Waals surface area contributed by atoms with Crippen molar-refractivity contribution in [2.45, 2.75) is 79.4 Å². The van der Waals surface area contributed by atoms with Gasteiger partial charge in [-0.1, -0.05) is 96.2 Å². The molecule has 4 aromatic carbocycles. The maximum atomic E-state index is 10.6. The van der Waals surface area contributed by atoms with E-state index in [-0.39, 0.29) is 24.5 Å². The molecule has 0 amide bonds. The fourth-order valence-corrected chi connectivity index (χ4v) is 8.10. The van der Waals surface area contributed by atoms with E-state index in [2.05, 4.69) is 102 Å². The lowest BCUT2D eigenvalue weighted by Gasteiger charge is -2.28. The van der Waals surface area contributed by atoms with Gasteiger partial charge >= 0.3 is 14.6 Å². The van der Waals surface area contributed by atoms with Crippen LogP contribution in [0.2, 0.25) is 0 Å². The topological polar surface area (TPSA) is 84.8 Å². The van der Waals surface area contributed by atoms with Gasteiger partial charge in [-0.3, -0.25) is 0 Å². The van der Waals surface area contributed by atoms with Crippen LogP contribution in [-0.2, 0) is 14.0 Å². The third-order valence-electron chi connectivity index (χ3n) is 12.4. The Hall–Kier alpha value is -3.95. The predicted octanol–water partition coefficient (Wildman–Crippen LogP) is 8.09. The third-order valence-corrected chi connectivity index (χ3v) is 12.4. The summed E-state index contributed by atoms with van der Waals surface area (Å²) in [6, 6.07) is 21.7. The quantitative estimate of drug-likeness (QED) is 0.136. The Morgan fingerprint density at radius 2 is 1.23 bits per heavy atom. The molecule has 56 heavy (non-hydrogen) atoms. The first-order valence-electron chi connectivity index (χ1n) is 20.8. The molecule has 0 aromatic heterocycles. The molecule has 1 N–H and O–H groups in total. The molecule has 6 unspecified atom stereocenters. The minimum Gasteiger partial charge on any atom is -0.489 e. The van der Waals surface area contributed by atoms with E-state index in [9.17, 15) is 5.11 Å². The molecule has 9 aliphatic heterocycles. The van der Waals surface area contributed by atoms with Gasteiger partial charge in [0.2, 0.25) is 0 Å². The first-order valence-corrected chi connectivity index (χ1v) is 20.8. The van der Waals surface area contributed by atoms with Crippen molar-refractivity contribution in [3.05, 3.63) is 60.7 Å². The van der Waals surface area contributed by atoms with Crippen LogP contribution in [0.4, 0.5) is 0 Å². The van der Waals surface area contributed by atoms with Crippen molar-refractivity contribution in [3.63, 3.8) is 0 Å². The monoisotopic (exact) mass is 757 g/mol. The molecule has 1 radical (unpaired) electrons. The number of ether oxygens (including phenoxy) is 4. The predicted molar refractivity (Wildman–Crippen MR) is 224 cm³/mol. The zero-order valence-electron chi connectivity index (χ0n) is 33.8. The summed E-state index contributed by atoms with van der Waals surface area (Å²) in [5.41, 5.74) is 10.1. The molecule has 1 fully saturated rings. The molecule has 293 valence electrons. The molecular weight excluding hydrogens is 702 g/mol. The van der Waals surface area contributed by atoms with Crippen molar-refractivity contribution < 1.29 is 38.0 Å². The van der Waals surface area contributed by atoms with E-state index in [4.69, 9.17) is 32.9 Å². The summed E-state index contributed by atoms with van der Waals surface area (Å²) in [6.07, 6.45) is 3.07. The number of fused-ring (bicyclic) bond motifs is 4. The highest BCUT2D eigenvalue weighted by atomic mass is 16.6. The number of rotatable bonds is 11. The van der Waals surface area contributed by atoms with Crippen LogP contribution in [0.3, 0.4) is 0 Å². The van der Waals surface area contributed by atoms with Gasteiger partial charge in [-0.25, -0.2) is 0 Å². The van der Waals surface area contributed by atoms with E-state index < -0.39 is 13.2 Å². The van der Waals surface area contributed by atoms with Gasteiger partial charge in [0.05, 0.1) is 51.8 Å². The summed E-state index contributed by atoms with van der Waals surface area (Å²) in [6.45, 7) is 15.4. The highest BCUT2D eigenvalue weighted by Gasteiger charge is 2.39. The van der Waals surface area contributed by atoms with Gasteiger partial charge in [-0.05, 0) is 98.9 Å². The molecule has 0 spiro atoms. The fourth-order valence-electron chi connectivity index (χ4n) is 8.10. The molecule has 1 aliphatic carbocycles. The summed E-state index contributed by atoms with van der Waals surface area (Å²) in [7, 11) is 1.28. The zero-order chi connectivity index (χ0) is 38.9. The third kappa shape index (κ3) is 7.58. The van der Waals surface area contributed by atoms with Crippen LogP contribution >= 0.6 is 0 Å². The van der Waals surface area contributed by atoms with Crippen molar-refractivity contribution in [2.24, 2.45) is 23.7 Å². The van der Waals surface area contributed by atoms with Gasteiger partial charge in [0.1, 0.15) is 0 Å². The average Bonchev–Trinajstić information content (AvgIpc) is 3.72. The summed E-state index contributed by atoms with van der Waals surface area (Å²) in [5, 5.41) is 10.6. The molecule has 0 saturated carbocycles. The van der Waals surface area contributed by atoms with E-state index in [1.165, 1.54) is 0 Å². The van der Waals surface area contributed by atoms with Crippen LogP contribution in [-0.4, -0.2) is 71.6 Å². The maximum absolute atomic E-state index is 10.6. The van der Waals surface area contributed by atoms with Crippen molar-refractivity contribution in [1.82, 2.24) is 0 Å². The molecule has 1 saturated heterocycles. The van der Waals surface area contributed by atoms with Crippen molar-refractivity contribution in [3.8, 4) is 67.5 Å². The fraction of sp³-hybridized carbons (Fsp3) is 0.478. The summed E-state index contributed by atoms with van der Waals surface area (Å²) < 4.78 is 46.6. The Kier molecular flexibility index (Phi) is 11.7. The molecule has 14 rings (SSSR count). The van der Waals surface area contributed by atoms with Gasteiger partial charge in [0.25, 0.3) is 0 Å². The number of hydrogen-bond donors (Lipinski definition) is 1. The second-order valence-corrected chi connectivity index (χ2v) is 16.2. The van der Waals surface area contributed by atoms with E-state index in [1.807, 2.05) is 0 Å². The van der Waals surface area contributed by atoms with Crippen LogP contribution in [0.1, 0.15) is 67.2 Å². The Labute approximate surface area is 333 Å². The molecule has 8 nitrogen and oxygen atoms in total. The van der Waals surface area contributed by atoms with Crippen molar-refractivity contribution in [1.29, 1.82) is 0 Å². The number of benzene rings is 4. The lowest BCUT2D eigenvalue weighted by molar-refractivity contribution is 0.0470. The summed E-state index contributed by atoms with van der Waals surface area (Å²) >= 11 is 0. The van der Waals surface area contributed by atoms with Crippen molar-refractivity contribution >= 4 is 25.5 Å². The minimum absolute atomic E-state index is 0.0705. The maximum Gasteiger partial charge on any atom is 0.494 e. The Morgan fingerprint density at radius 1 is 0.679 bits per heavy atom. The molecular formula is C46H55B2O8. The van der Waals surface area contributed by atoms with Crippen LogP contribution < -0.4 is 29.9 Å². The highest BCUT2D eigenvalue weighted by Crippen LogP contribution is 2.53. The Balaban J connectivity index is 1.46. The van der Waals surface area contributed by atoms with Gasteiger partial charge in [0, 0.05) is 11.8 Å². The standard InChI is InChI=1S/C46H55B2O8/c1-7-27(5)22-50-41-19-39-37-17-43(41)53-25-30(10-4)46-26-54-48(56-46)32-12-14-34-33-13-11-31(15-35(33)37)47-55-45(21-49)29(9-3)24-52-44-18-38(36(34)16-32)40(39)20-42(44)51-23-28(6)8-2/h11-20,27-30,45-46,49H,7-10,21-26H2,1-6H3. The molecule has 14 bridgehead atoms.